The Bertz CT molecular complexity index is 1220. The van der Waals surface area contributed by atoms with Gasteiger partial charge in [0.15, 0.2) is 5.16 Å². The SMILES string of the molecule is CN(C)c1cccc(C(=O)NNC(=O)c2ccc(CSc3nc4ccccc4[nH]3)cc2)c1. The number of nitrogens with one attached hydrogen (secondary N) is 3. The number of hydrogen-bond donors (Lipinski definition) is 3. The lowest BCUT2D eigenvalue weighted by Crippen LogP contribution is -2.41. The van der Waals surface area contributed by atoms with E-state index in [-0.39, 0.29) is 11.8 Å². The molecule has 0 spiro atoms. The third kappa shape index (κ3) is 5.09. The molecule has 7 nitrogen and oxygen atoms in total. The van der Waals surface area contributed by atoms with Crippen LogP contribution in [0.3, 0.4) is 0 Å². The first-order valence-corrected chi connectivity index (χ1v) is 11.0. The molecule has 4 aromatic rings. The second-order valence-electron chi connectivity index (χ2n) is 7.40. The highest BCUT2D eigenvalue weighted by Crippen LogP contribution is 2.23. The highest BCUT2D eigenvalue weighted by atomic mass is 32.2. The number of hydrogen-bond acceptors (Lipinski definition) is 5. The summed E-state index contributed by atoms with van der Waals surface area (Å²) in [5.74, 6) is -0.0276. The van der Waals surface area contributed by atoms with Crippen molar-refractivity contribution in [2.75, 3.05) is 19.0 Å². The smallest absolute Gasteiger partial charge is 0.269 e. The molecule has 3 aromatic carbocycles. The molecule has 0 atom stereocenters. The molecule has 32 heavy (non-hydrogen) atoms. The molecule has 1 aromatic heterocycles. The van der Waals surface area contributed by atoms with E-state index in [0.29, 0.717) is 11.1 Å². The van der Waals surface area contributed by atoms with Crippen LogP contribution in [0.2, 0.25) is 0 Å². The molecule has 0 bridgehead atoms. The number of rotatable bonds is 6. The molecule has 0 saturated heterocycles. The van der Waals surface area contributed by atoms with E-state index >= 15 is 0 Å². The van der Waals surface area contributed by atoms with Crippen LogP contribution in [0, 0.1) is 0 Å². The van der Waals surface area contributed by atoms with Crippen molar-refractivity contribution in [2.45, 2.75) is 10.9 Å². The number of amides is 2. The molecule has 0 unspecified atom stereocenters. The van der Waals surface area contributed by atoms with Gasteiger partial charge in [-0.25, -0.2) is 4.98 Å². The van der Waals surface area contributed by atoms with Crippen LogP contribution in [0.1, 0.15) is 26.3 Å². The number of aromatic nitrogens is 2. The van der Waals surface area contributed by atoms with E-state index in [1.807, 2.05) is 61.5 Å². The molecule has 0 fully saturated rings. The summed E-state index contributed by atoms with van der Waals surface area (Å²) in [6, 6.07) is 22.3. The zero-order chi connectivity index (χ0) is 22.5. The quantitative estimate of drug-likeness (QED) is 0.308. The Balaban J connectivity index is 1.30. The van der Waals surface area contributed by atoms with Crippen LogP contribution in [-0.2, 0) is 5.75 Å². The van der Waals surface area contributed by atoms with Gasteiger partial charge < -0.3 is 9.88 Å². The second-order valence-corrected chi connectivity index (χ2v) is 8.36. The minimum Gasteiger partial charge on any atom is -0.378 e. The molecule has 162 valence electrons. The number of para-hydroxylation sites is 2. The van der Waals surface area contributed by atoms with Gasteiger partial charge in [0.25, 0.3) is 11.8 Å². The Morgan fingerprint density at radius 3 is 2.34 bits per heavy atom. The van der Waals surface area contributed by atoms with Crippen LogP contribution >= 0.6 is 11.8 Å². The van der Waals surface area contributed by atoms with Crippen molar-refractivity contribution in [1.82, 2.24) is 20.8 Å². The fraction of sp³-hybridized carbons (Fsp3) is 0.125. The van der Waals surface area contributed by atoms with Gasteiger partial charge in [-0.3, -0.25) is 20.4 Å². The van der Waals surface area contributed by atoms with E-state index in [2.05, 4.69) is 20.8 Å². The van der Waals surface area contributed by atoms with E-state index in [1.54, 1.807) is 42.1 Å². The molecule has 8 heteroatoms. The van der Waals surface area contributed by atoms with Crippen molar-refractivity contribution < 1.29 is 9.59 Å². The number of imidazole rings is 1. The van der Waals surface area contributed by atoms with Gasteiger partial charge in [-0.1, -0.05) is 42.1 Å². The lowest BCUT2D eigenvalue weighted by atomic mass is 10.1. The lowest BCUT2D eigenvalue weighted by molar-refractivity contribution is 0.0846. The topological polar surface area (TPSA) is 90.1 Å². The maximum atomic E-state index is 12.4. The van der Waals surface area contributed by atoms with Crippen LogP contribution in [0.4, 0.5) is 5.69 Å². The fourth-order valence-corrected chi connectivity index (χ4v) is 3.93. The summed E-state index contributed by atoms with van der Waals surface area (Å²) in [7, 11) is 3.80. The Morgan fingerprint density at radius 2 is 1.62 bits per heavy atom. The van der Waals surface area contributed by atoms with E-state index in [9.17, 15) is 9.59 Å². The van der Waals surface area contributed by atoms with E-state index in [0.717, 1.165) is 33.2 Å². The summed E-state index contributed by atoms with van der Waals surface area (Å²) >= 11 is 1.60. The summed E-state index contributed by atoms with van der Waals surface area (Å²) in [6.45, 7) is 0. The predicted molar refractivity (Wildman–Crippen MR) is 128 cm³/mol. The molecule has 2 amide bonds. The van der Waals surface area contributed by atoms with Crippen LogP contribution in [0.25, 0.3) is 11.0 Å². The number of hydrazine groups is 1. The summed E-state index contributed by atoms with van der Waals surface area (Å²) in [6.07, 6.45) is 0. The summed E-state index contributed by atoms with van der Waals surface area (Å²) in [5.41, 5.74) is 9.78. The third-order valence-electron chi connectivity index (χ3n) is 4.87. The molecular weight excluding hydrogens is 422 g/mol. The Kier molecular flexibility index (Phi) is 6.42. The van der Waals surface area contributed by atoms with E-state index in [1.165, 1.54) is 0 Å². The van der Waals surface area contributed by atoms with Crippen molar-refractivity contribution in [3.05, 3.63) is 89.5 Å². The monoisotopic (exact) mass is 445 g/mol. The van der Waals surface area contributed by atoms with Crippen LogP contribution < -0.4 is 15.8 Å². The standard InChI is InChI=1S/C24H23N5O2S/c1-29(2)19-7-5-6-18(14-19)23(31)28-27-22(30)17-12-10-16(11-13-17)15-32-24-25-20-8-3-4-9-21(20)26-24/h3-14H,15H2,1-2H3,(H,25,26)(H,27,30)(H,28,31). The van der Waals surface area contributed by atoms with Crippen LogP contribution in [0.15, 0.2) is 78.0 Å². The Morgan fingerprint density at radius 1 is 0.906 bits per heavy atom. The number of carbonyl (C=O) groups excluding carboxylic acids is 2. The number of carbonyl (C=O) groups is 2. The maximum Gasteiger partial charge on any atom is 0.269 e. The van der Waals surface area contributed by atoms with Crippen molar-refractivity contribution in [1.29, 1.82) is 0 Å². The van der Waals surface area contributed by atoms with Gasteiger partial charge >= 0.3 is 0 Å². The van der Waals surface area contributed by atoms with Gasteiger partial charge in [0.1, 0.15) is 0 Å². The number of benzene rings is 3. The normalized spacial score (nSPS) is 10.7. The molecule has 0 aliphatic rings. The minimum absolute atomic E-state index is 0.374. The van der Waals surface area contributed by atoms with Crippen molar-refractivity contribution in [2.24, 2.45) is 0 Å². The Labute approximate surface area is 190 Å². The van der Waals surface area contributed by atoms with Crippen molar-refractivity contribution in [3.8, 4) is 0 Å². The van der Waals surface area contributed by atoms with Gasteiger partial charge in [0.2, 0.25) is 0 Å². The number of aromatic amines is 1. The van der Waals surface area contributed by atoms with Crippen LogP contribution in [-0.4, -0.2) is 35.9 Å². The van der Waals surface area contributed by atoms with Crippen molar-refractivity contribution in [3.63, 3.8) is 0 Å². The molecule has 4 rings (SSSR count). The maximum absolute atomic E-state index is 12.4. The average molecular weight is 446 g/mol. The molecule has 0 aliphatic carbocycles. The summed E-state index contributed by atoms with van der Waals surface area (Å²) in [4.78, 5) is 34.5. The molecule has 3 N–H and O–H groups in total. The van der Waals surface area contributed by atoms with Crippen LogP contribution in [0.5, 0.6) is 0 Å². The highest BCUT2D eigenvalue weighted by molar-refractivity contribution is 7.98. The lowest BCUT2D eigenvalue weighted by Gasteiger charge is -2.13. The second kappa shape index (κ2) is 9.57. The molecule has 0 aliphatic heterocycles. The molecule has 0 radical (unpaired) electrons. The predicted octanol–water partition coefficient (Wildman–Crippen LogP) is 4.00. The minimum atomic E-state index is -0.376. The Hall–Kier alpha value is -3.78. The van der Waals surface area contributed by atoms with Gasteiger partial charge in [0, 0.05) is 36.7 Å². The largest absolute Gasteiger partial charge is 0.378 e. The molecule has 1 heterocycles. The number of nitrogens with zero attached hydrogens (tertiary/aromatic N) is 2. The molecular formula is C24H23N5O2S. The third-order valence-corrected chi connectivity index (χ3v) is 5.82. The number of thioether (sulfide) groups is 1. The zero-order valence-corrected chi connectivity index (χ0v) is 18.6. The molecule has 0 saturated carbocycles. The van der Waals surface area contributed by atoms with Gasteiger partial charge in [-0.05, 0) is 48.0 Å². The summed E-state index contributed by atoms with van der Waals surface area (Å²) in [5, 5.41) is 0.856. The van der Waals surface area contributed by atoms with E-state index in [4.69, 9.17) is 0 Å². The van der Waals surface area contributed by atoms with Gasteiger partial charge in [-0.15, -0.1) is 0 Å². The first-order valence-electron chi connectivity index (χ1n) is 10.0. The first kappa shape index (κ1) is 21.5. The fourth-order valence-electron chi connectivity index (χ4n) is 3.08. The van der Waals surface area contributed by atoms with Gasteiger partial charge in [0.05, 0.1) is 11.0 Å². The summed E-state index contributed by atoms with van der Waals surface area (Å²) < 4.78 is 0. The van der Waals surface area contributed by atoms with Crippen molar-refractivity contribution >= 4 is 40.3 Å². The number of anilines is 1. The van der Waals surface area contributed by atoms with Gasteiger partial charge in [-0.2, -0.15) is 0 Å². The number of fused-ring (bicyclic) bond motifs is 1. The first-order chi connectivity index (χ1) is 15.5. The van der Waals surface area contributed by atoms with E-state index < -0.39 is 0 Å². The number of H-pyrrole nitrogens is 1. The zero-order valence-electron chi connectivity index (χ0n) is 17.8. The highest BCUT2D eigenvalue weighted by Gasteiger charge is 2.10. The average Bonchev–Trinajstić information content (AvgIpc) is 3.24.